The van der Waals surface area contributed by atoms with Crippen molar-refractivity contribution in [1.29, 1.82) is 0 Å². The third-order valence-corrected chi connectivity index (χ3v) is 3.74. The Morgan fingerprint density at radius 3 is 3.00 bits per heavy atom. The zero-order valence-electron chi connectivity index (χ0n) is 11.3. The minimum Gasteiger partial charge on any atom is -0.497 e. The average molecular weight is 249 g/mol. The first-order valence-electron chi connectivity index (χ1n) is 6.67. The summed E-state index contributed by atoms with van der Waals surface area (Å²) < 4.78 is 10.9. The molecule has 2 unspecified atom stereocenters. The topological polar surface area (TPSA) is 44.5 Å². The molecule has 1 heterocycles. The fraction of sp³-hybridized carbons (Fsp3) is 0.600. The van der Waals surface area contributed by atoms with E-state index >= 15 is 0 Å². The Balaban J connectivity index is 1.99. The third kappa shape index (κ3) is 3.24. The molecule has 0 saturated carbocycles. The van der Waals surface area contributed by atoms with E-state index in [0.29, 0.717) is 6.10 Å². The molecule has 1 aromatic rings. The molecule has 18 heavy (non-hydrogen) atoms. The molecule has 0 aliphatic carbocycles. The normalized spacial score (nSPS) is 22.7. The number of hydrogen-bond acceptors (Lipinski definition) is 3. The van der Waals surface area contributed by atoms with E-state index in [-0.39, 0.29) is 5.54 Å². The lowest BCUT2D eigenvalue weighted by Gasteiger charge is -2.27. The van der Waals surface area contributed by atoms with Crippen LogP contribution < -0.4 is 10.5 Å². The van der Waals surface area contributed by atoms with E-state index in [0.717, 1.165) is 30.8 Å². The summed E-state index contributed by atoms with van der Waals surface area (Å²) in [5, 5.41) is 0. The van der Waals surface area contributed by atoms with Crippen LogP contribution in [-0.2, 0) is 10.3 Å². The van der Waals surface area contributed by atoms with Gasteiger partial charge in [0.05, 0.1) is 13.2 Å². The average Bonchev–Trinajstić information content (AvgIpc) is 2.90. The molecule has 0 aromatic heterocycles. The first kappa shape index (κ1) is 13.4. The van der Waals surface area contributed by atoms with Crippen molar-refractivity contribution in [3.05, 3.63) is 29.8 Å². The van der Waals surface area contributed by atoms with E-state index in [4.69, 9.17) is 15.2 Å². The Morgan fingerprint density at radius 1 is 1.50 bits per heavy atom. The van der Waals surface area contributed by atoms with Crippen molar-refractivity contribution in [3.8, 4) is 5.75 Å². The summed E-state index contributed by atoms with van der Waals surface area (Å²) >= 11 is 0. The van der Waals surface area contributed by atoms with Gasteiger partial charge in [-0.3, -0.25) is 0 Å². The molecule has 3 nitrogen and oxygen atoms in total. The van der Waals surface area contributed by atoms with Crippen molar-refractivity contribution in [3.63, 3.8) is 0 Å². The van der Waals surface area contributed by atoms with Crippen molar-refractivity contribution in [2.45, 2.75) is 44.2 Å². The number of rotatable bonds is 5. The molecule has 1 fully saturated rings. The van der Waals surface area contributed by atoms with Gasteiger partial charge >= 0.3 is 0 Å². The lowest BCUT2D eigenvalue weighted by Crippen LogP contribution is -2.34. The highest BCUT2D eigenvalue weighted by molar-refractivity contribution is 5.32. The van der Waals surface area contributed by atoms with Crippen molar-refractivity contribution in [1.82, 2.24) is 0 Å². The predicted octanol–water partition coefficient (Wildman–Crippen LogP) is 2.83. The summed E-state index contributed by atoms with van der Waals surface area (Å²) in [7, 11) is 1.68. The molecule has 1 aliphatic rings. The van der Waals surface area contributed by atoms with Crippen LogP contribution in [0, 0.1) is 0 Å². The maximum atomic E-state index is 6.43. The molecule has 0 spiro atoms. The molecule has 0 amide bonds. The Hall–Kier alpha value is -1.06. The maximum Gasteiger partial charge on any atom is 0.119 e. The highest BCUT2D eigenvalue weighted by Gasteiger charge is 2.25. The Morgan fingerprint density at radius 2 is 2.33 bits per heavy atom. The molecular formula is C15H23NO2. The number of ether oxygens (including phenoxy) is 2. The second kappa shape index (κ2) is 5.72. The smallest absolute Gasteiger partial charge is 0.119 e. The molecular weight excluding hydrogens is 226 g/mol. The first-order chi connectivity index (χ1) is 8.62. The number of methoxy groups -OCH3 is 1. The van der Waals surface area contributed by atoms with Crippen LogP contribution in [-0.4, -0.2) is 19.8 Å². The zero-order chi connectivity index (χ0) is 13.0. The van der Waals surface area contributed by atoms with Gasteiger partial charge in [0.15, 0.2) is 0 Å². The first-order valence-corrected chi connectivity index (χ1v) is 6.67. The fourth-order valence-electron chi connectivity index (χ4n) is 2.46. The molecule has 1 aliphatic heterocycles. The Bertz CT molecular complexity index is 384. The van der Waals surface area contributed by atoms with Gasteiger partial charge in [0.1, 0.15) is 5.75 Å². The van der Waals surface area contributed by atoms with Gasteiger partial charge in [-0.2, -0.15) is 0 Å². The van der Waals surface area contributed by atoms with Gasteiger partial charge in [0.2, 0.25) is 0 Å². The van der Waals surface area contributed by atoms with Crippen LogP contribution in [0.25, 0.3) is 0 Å². The highest BCUT2D eigenvalue weighted by Crippen LogP contribution is 2.29. The third-order valence-electron chi connectivity index (χ3n) is 3.74. The molecule has 1 aromatic carbocycles. The van der Waals surface area contributed by atoms with Gasteiger partial charge in [-0.15, -0.1) is 0 Å². The van der Waals surface area contributed by atoms with Gasteiger partial charge in [-0.25, -0.2) is 0 Å². The summed E-state index contributed by atoms with van der Waals surface area (Å²) in [6, 6.07) is 8.03. The SMILES string of the molecule is COc1cccc(C(C)(N)CCC2CCCO2)c1. The van der Waals surface area contributed by atoms with Crippen LogP contribution in [0.1, 0.15) is 38.2 Å². The lowest BCUT2D eigenvalue weighted by molar-refractivity contribution is 0.0967. The van der Waals surface area contributed by atoms with Crippen LogP contribution in [0.2, 0.25) is 0 Å². The largest absolute Gasteiger partial charge is 0.497 e. The van der Waals surface area contributed by atoms with Crippen LogP contribution >= 0.6 is 0 Å². The maximum absolute atomic E-state index is 6.43. The molecule has 0 radical (unpaired) electrons. The lowest BCUT2D eigenvalue weighted by atomic mass is 9.87. The van der Waals surface area contributed by atoms with Gasteiger partial charge in [-0.05, 0) is 50.3 Å². The minimum absolute atomic E-state index is 0.319. The van der Waals surface area contributed by atoms with Gasteiger partial charge < -0.3 is 15.2 Å². The minimum atomic E-state index is -0.319. The van der Waals surface area contributed by atoms with E-state index in [1.165, 1.54) is 12.8 Å². The van der Waals surface area contributed by atoms with Gasteiger partial charge in [0, 0.05) is 12.1 Å². The van der Waals surface area contributed by atoms with E-state index in [9.17, 15) is 0 Å². The highest BCUT2D eigenvalue weighted by atomic mass is 16.5. The summed E-state index contributed by atoms with van der Waals surface area (Å²) in [6.07, 6.45) is 4.73. The Kier molecular flexibility index (Phi) is 4.25. The van der Waals surface area contributed by atoms with Crippen LogP contribution in [0.4, 0.5) is 0 Å². The van der Waals surface area contributed by atoms with E-state index in [1.54, 1.807) is 7.11 Å². The molecule has 100 valence electrons. The van der Waals surface area contributed by atoms with Crippen molar-refractivity contribution < 1.29 is 9.47 Å². The second-order valence-corrected chi connectivity index (χ2v) is 5.32. The van der Waals surface area contributed by atoms with Gasteiger partial charge in [0.25, 0.3) is 0 Å². The molecule has 1 saturated heterocycles. The van der Waals surface area contributed by atoms with Crippen molar-refractivity contribution in [2.24, 2.45) is 5.73 Å². The quantitative estimate of drug-likeness (QED) is 0.872. The summed E-state index contributed by atoms with van der Waals surface area (Å²) in [5.74, 6) is 0.862. The van der Waals surface area contributed by atoms with E-state index in [2.05, 4.69) is 13.0 Å². The van der Waals surface area contributed by atoms with Crippen LogP contribution in [0.15, 0.2) is 24.3 Å². The summed E-state index contributed by atoms with van der Waals surface area (Å²) in [4.78, 5) is 0. The fourth-order valence-corrected chi connectivity index (χ4v) is 2.46. The Labute approximate surface area is 109 Å². The van der Waals surface area contributed by atoms with Crippen LogP contribution in [0.5, 0.6) is 5.75 Å². The number of hydrogen-bond donors (Lipinski definition) is 1. The van der Waals surface area contributed by atoms with E-state index < -0.39 is 0 Å². The zero-order valence-corrected chi connectivity index (χ0v) is 11.3. The summed E-state index contributed by atoms with van der Waals surface area (Å²) in [5.41, 5.74) is 7.23. The monoisotopic (exact) mass is 249 g/mol. The second-order valence-electron chi connectivity index (χ2n) is 5.32. The van der Waals surface area contributed by atoms with Crippen LogP contribution in [0.3, 0.4) is 0 Å². The number of nitrogens with two attached hydrogens (primary N) is 1. The van der Waals surface area contributed by atoms with E-state index in [1.807, 2.05) is 18.2 Å². The predicted molar refractivity (Wildman–Crippen MR) is 72.7 cm³/mol. The van der Waals surface area contributed by atoms with Crippen molar-refractivity contribution >= 4 is 0 Å². The number of benzene rings is 1. The summed E-state index contributed by atoms with van der Waals surface area (Å²) in [6.45, 7) is 2.99. The molecule has 2 atom stereocenters. The standard InChI is InChI=1S/C15H23NO2/c1-15(16,9-8-13-7-4-10-18-13)12-5-3-6-14(11-12)17-2/h3,5-6,11,13H,4,7-10,16H2,1-2H3. The molecule has 0 bridgehead atoms. The van der Waals surface area contributed by atoms with Crippen molar-refractivity contribution in [2.75, 3.05) is 13.7 Å². The molecule has 2 N–H and O–H groups in total. The van der Waals surface area contributed by atoms with Gasteiger partial charge in [-0.1, -0.05) is 12.1 Å². The molecule has 2 rings (SSSR count). The molecule has 3 heteroatoms.